The van der Waals surface area contributed by atoms with Gasteiger partial charge in [0, 0.05) is 6.42 Å². The fourth-order valence-electron chi connectivity index (χ4n) is 1.70. The summed E-state index contributed by atoms with van der Waals surface area (Å²) in [7, 11) is 1.96. The number of thioether (sulfide) groups is 1. The number of aromatic nitrogens is 2. The fraction of sp³-hybridized carbons (Fsp3) is 0.800. The number of hydrogen-bond acceptors (Lipinski definition) is 5. The van der Waals surface area contributed by atoms with Crippen LogP contribution in [0.5, 0.6) is 0 Å². The first kappa shape index (κ1) is 11.0. The zero-order chi connectivity index (χ0) is 10.5. The molecule has 1 fully saturated rings. The predicted octanol–water partition coefficient (Wildman–Crippen LogP) is 1.79. The number of aryl methyl sites for hydroxylation is 1. The van der Waals surface area contributed by atoms with E-state index in [0.29, 0.717) is 5.25 Å². The van der Waals surface area contributed by atoms with Crippen LogP contribution in [0.4, 0.5) is 0 Å². The Kier molecular flexibility index (Phi) is 4.02. The summed E-state index contributed by atoms with van der Waals surface area (Å²) in [6.07, 6.45) is 4.42. The Labute approximate surface area is 94.2 Å². The zero-order valence-electron chi connectivity index (χ0n) is 9.03. The lowest BCUT2D eigenvalue weighted by Crippen LogP contribution is -2.08. The molecule has 1 aliphatic heterocycles. The molecule has 2 heterocycles. The van der Waals surface area contributed by atoms with E-state index in [0.717, 1.165) is 31.1 Å². The molecule has 15 heavy (non-hydrogen) atoms. The average molecular weight is 227 g/mol. The van der Waals surface area contributed by atoms with Crippen LogP contribution in [-0.2, 0) is 6.42 Å². The molecule has 1 aliphatic rings. The average Bonchev–Trinajstić information content (AvgIpc) is 2.87. The largest absolute Gasteiger partial charge is 0.338 e. The van der Waals surface area contributed by atoms with E-state index in [4.69, 9.17) is 4.52 Å². The molecule has 1 aromatic rings. The van der Waals surface area contributed by atoms with Crippen molar-refractivity contribution < 1.29 is 4.52 Å². The fourth-order valence-corrected chi connectivity index (χ4v) is 2.88. The Morgan fingerprint density at radius 2 is 2.53 bits per heavy atom. The second-order valence-corrected chi connectivity index (χ2v) is 5.07. The van der Waals surface area contributed by atoms with Gasteiger partial charge >= 0.3 is 0 Å². The van der Waals surface area contributed by atoms with Crippen LogP contribution in [0.25, 0.3) is 0 Å². The van der Waals surface area contributed by atoms with Crippen LogP contribution < -0.4 is 5.32 Å². The third-order valence-corrected chi connectivity index (χ3v) is 3.88. The van der Waals surface area contributed by atoms with Crippen LogP contribution in [0.3, 0.4) is 0 Å². The normalized spacial score (nSPS) is 21.0. The molecule has 0 radical (unpaired) electrons. The Bertz CT molecular complexity index is 297. The van der Waals surface area contributed by atoms with Crippen LogP contribution in [0.2, 0.25) is 0 Å². The topological polar surface area (TPSA) is 51.0 Å². The van der Waals surface area contributed by atoms with Crippen LogP contribution in [0.15, 0.2) is 4.52 Å². The number of nitrogens with one attached hydrogen (secondary N) is 1. The van der Waals surface area contributed by atoms with Crippen molar-refractivity contribution in [2.75, 3.05) is 19.3 Å². The van der Waals surface area contributed by atoms with Gasteiger partial charge in [-0.3, -0.25) is 0 Å². The predicted molar refractivity (Wildman–Crippen MR) is 61.0 cm³/mol. The van der Waals surface area contributed by atoms with E-state index >= 15 is 0 Å². The summed E-state index contributed by atoms with van der Waals surface area (Å²) in [6, 6.07) is 0. The molecule has 4 nitrogen and oxygen atoms in total. The van der Waals surface area contributed by atoms with Crippen molar-refractivity contribution >= 4 is 11.8 Å². The van der Waals surface area contributed by atoms with Crippen molar-refractivity contribution in [2.45, 2.75) is 30.9 Å². The summed E-state index contributed by atoms with van der Waals surface area (Å²) >= 11 is 1.93. The number of hydrogen-bond donors (Lipinski definition) is 1. The molecule has 0 amide bonds. The second-order valence-electron chi connectivity index (χ2n) is 3.76. The molecule has 0 saturated carbocycles. The van der Waals surface area contributed by atoms with Crippen molar-refractivity contribution in [2.24, 2.45) is 0 Å². The SMILES string of the molecule is CNCCCc1noc(C2CCCS2)n1. The van der Waals surface area contributed by atoms with Gasteiger partial charge in [-0.25, -0.2) is 0 Å². The summed E-state index contributed by atoms with van der Waals surface area (Å²) in [5.74, 6) is 2.91. The van der Waals surface area contributed by atoms with Gasteiger partial charge in [-0.15, -0.1) is 11.8 Å². The molecule has 0 spiro atoms. The van der Waals surface area contributed by atoms with Crippen molar-refractivity contribution in [1.82, 2.24) is 15.5 Å². The highest BCUT2D eigenvalue weighted by atomic mass is 32.2. The Morgan fingerprint density at radius 1 is 1.60 bits per heavy atom. The van der Waals surface area contributed by atoms with Gasteiger partial charge in [-0.1, -0.05) is 5.16 Å². The van der Waals surface area contributed by atoms with E-state index in [1.165, 1.54) is 18.6 Å². The van der Waals surface area contributed by atoms with E-state index in [1.807, 2.05) is 18.8 Å². The van der Waals surface area contributed by atoms with Crippen LogP contribution in [-0.4, -0.2) is 29.5 Å². The van der Waals surface area contributed by atoms with E-state index in [1.54, 1.807) is 0 Å². The van der Waals surface area contributed by atoms with Crippen LogP contribution in [0.1, 0.15) is 36.2 Å². The van der Waals surface area contributed by atoms with Gasteiger partial charge in [0.2, 0.25) is 5.89 Å². The Hall–Kier alpha value is -0.550. The summed E-state index contributed by atoms with van der Waals surface area (Å²) in [6.45, 7) is 1.00. The van der Waals surface area contributed by atoms with Crippen molar-refractivity contribution in [3.8, 4) is 0 Å². The Balaban J connectivity index is 1.86. The van der Waals surface area contributed by atoms with E-state index in [9.17, 15) is 0 Å². The third kappa shape index (κ3) is 2.95. The molecule has 0 aromatic carbocycles. The maximum atomic E-state index is 5.28. The maximum Gasteiger partial charge on any atom is 0.239 e. The van der Waals surface area contributed by atoms with Gasteiger partial charge in [-0.2, -0.15) is 4.98 Å². The highest BCUT2D eigenvalue weighted by molar-refractivity contribution is 7.99. The second kappa shape index (κ2) is 5.51. The lowest BCUT2D eigenvalue weighted by atomic mass is 10.2. The molecule has 1 aromatic heterocycles. The first-order chi connectivity index (χ1) is 7.40. The molecule has 2 rings (SSSR count). The smallest absolute Gasteiger partial charge is 0.239 e. The minimum Gasteiger partial charge on any atom is -0.338 e. The summed E-state index contributed by atoms with van der Waals surface area (Å²) < 4.78 is 5.28. The van der Waals surface area contributed by atoms with Crippen molar-refractivity contribution in [3.63, 3.8) is 0 Å². The van der Waals surface area contributed by atoms with Gasteiger partial charge < -0.3 is 9.84 Å². The first-order valence-electron chi connectivity index (χ1n) is 5.49. The molecule has 1 saturated heterocycles. The van der Waals surface area contributed by atoms with E-state index in [-0.39, 0.29) is 0 Å². The lowest BCUT2D eigenvalue weighted by molar-refractivity contribution is 0.369. The van der Waals surface area contributed by atoms with Gasteiger partial charge in [-0.05, 0) is 38.6 Å². The van der Waals surface area contributed by atoms with Gasteiger partial charge in [0.05, 0.1) is 5.25 Å². The molecule has 1 N–H and O–H groups in total. The van der Waals surface area contributed by atoms with Gasteiger partial charge in [0.1, 0.15) is 0 Å². The van der Waals surface area contributed by atoms with Gasteiger partial charge in [0.15, 0.2) is 5.82 Å². The summed E-state index contributed by atoms with van der Waals surface area (Å²) in [5, 5.41) is 7.57. The van der Waals surface area contributed by atoms with Crippen LogP contribution >= 0.6 is 11.8 Å². The first-order valence-corrected chi connectivity index (χ1v) is 6.53. The quantitative estimate of drug-likeness (QED) is 0.777. The lowest BCUT2D eigenvalue weighted by Gasteiger charge is -1.98. The monoisotopic (exact) mass is 227 g/mol. The molecule has 1 unspecified atom stereocenters. The van der Waals surface area contributed by atoms with Crippen LogP contribution in [0, 0.1) is 0 Å². The highest BCUT2D eigenvalue weighted by Gasteiger charge is 2.23. The summed E-state index contributed by atoms with van der Waals surface area (Å²) in [5.41, 5.74) is 0. The van der Waals surface area contributed by atoms with E-state index in [2.05, 4.69) is 15.5 Å². The molecule has 0 bridgehead atoms. The Morgan fingerprint density at radius 3 is 3.27 bits per heavy atom. The number of nitrogens with zero attached hydrogens (tertiary/aromatic N) is 2. The maximum absolute atomic E-state index is 5.28. The van der Waals surface area contributed by atoms with Crippen molar-refractivity contribution in [1.29, 1.82) is 0 Å². The van der Waals surface area contributed by atoms with Gasteiger partial charge in [0.25, 0.3) is 0 Å². The number of rotatable bonds is 5. The molecular weight excluding hydrogens is 210 g/mol. The molecular formula is C10H17N3OS. The molecule has 5 heteroatoms. The minimum absolute atomic E-state index is 0.454. The molecule has 0 aliphatic carbocycles. The minimum atomic E-state index is 0.454. The standard InChI is InChI=1S/C10H17N3OS/c1-11-6-2-5-9-12-10(14-13-9)8-4-3-7-15-8/h8,11H,2-7H2,1H3. The molecule has 84 valence electrons. The zero-order valence-corrected chi connectivity index (χ0v) is 9.85. The third-order valence-electron chi connectivity index (χ3n) is 2.52. The molecule has 1 atom stereocenters. The van der Waals surface area contributed by atoms with Crippen molar-refractivity contribution in [3.05, 3.63) is 11.7 Å². The highest BCUT2D eigenvalue weighted by Crippen LogP contribution is 2.38. The van der Waals surface area contributed by atoms with E-state index < -0.39 is 0 Å². The summed E-state index contributed by atoms with van der Waals surface area (Å²) in [4.78, 5) is 4.44.